The highest BCUT2D eigenvalue weighted by molar-refractivity contribution is 8.77. The fourth-order valence-electron chi connectivity index (χ4n) is 3.15. The fraction of sp³-hybridized carbons (Fsp3) is 0.824. The van der Waals surface area contributed by atoms with Gasteiger partial charge in [-0.1, -0.05) is 28.0 Å². The molecule has 0 aromatic heterocycles. The molecule has 0 aromatic rings. The number of piperazine rings is 1. The van der Waals surface area contributed by atoms with Crippen molar-refractivity contribution in [3.8, 4) is 0 Å². The first-order chi connectivity index (χ1) is 12.1. The Morgan fingerprint density at radius 3 is 2.32 bits per heavy atom. The molecular weight excluding hydrogens is 358 g/mol. The van der Waals surface area contributed by atoms with Crippen LogP contribution in [0.5, 0.6) is 0 Å². The molecule has 8 heteroatoms. The zero-order valence-electron chi connectivity index (χ0n) is 14.6. The van der Waals surface area contributed by atoms with Crippen molar-refractivity contribution in [3.63, 3.8) is 0 Å². The highest BCUT2D eigenvalue weighted by Crippen LogP contribution is 2.39. The maximum absolute atomic E-state index is 12.3. The van der Waals surface area contributed by atoms with Crippen molar-refractivity contribution in [1.29, 1.82) is 0 Å². The predicted molar refractivity (Wildman–Crippen MR) is 101 cm³/mol. The number of nitrogens with one attached hydrogen (secondary N) is 1. The van der Waals surface area contributed by atoms with E-state index < -0.39 is 11.8 Å². The summed E-state index contributed by atoms with van der Waals surface area (Å²) in [6.07, 6.45) is 7.12. The van der Waals surface area contributed by atoms with E-state index in [1.54, 1.807) is 4.90 Å². The van der Waals surface area contributed by atoms with Gasteiger partial charge in [-0.25, -0.2) is 0 Å². The number of carbonyl (C=O) groups is 3. The monoisotopic (exact) mass is 385 g/mol. The van der Waals surface area contributed by atoms with Crippen molar-refractivity contribution in [2.75, 3.05) is 31.9 Å². The molecule has 6 nitrogen and oxygen atoms in total. The molecule has 0 aromatic carbocycles. The summed E-state index contributed by atoms with van der Waals surface area (Å²) in [4.78, 5) is 39.6. The molecular formula is C17H27N3O3S2. The average molecular weight is 386 g/mol. The Balaban J connectivity index is 1.30. The Kier molecular flexibility index (Phi) is 6.92. The summed E-state index contributed by atoms with van der Waals surface area (Å²) in [5.41, 5.74) is 0. The zero-order valence-corrected chi connectivity index (χ0v) is 16.2. The van der Waals surface area contributed by atoms with E-state index >= 15 is 0 Å². The summed E-state index contributed by atoms with van der Waals surface area (Å²) in [5.74, 6) is 0.495. The smallest absolute Gasteiger partial charge is 0.312 e. The van der Waals surface area contributed by atoms with E-state index in [4.69, 9.17) is 0 Å². The minimum absolute atomic E-state index is 0.183. The van der Waals surface area contributed by atoms with Gasteiger partial charge < -0.3 is 15.1 Å². The summed E-state index contributed by atoms with van der Waals surface area (Å²) in [7, 11) is 3.95. The molecule has 1 atom stereocenters. The first kappa shape index (κ1) is 18.9. The molecule has 1 aliphatic carbocycles. The summed E-state index contributed by atoms with van der Waals surface area (Å²) in [6.45, 7) is 1.99. The first-order valence-corrected chi connectivity index (χ1v) is 11.7. The van der Waals surface area contributed by atoms with Crippen LogP contribution in [0.2, 0.25) is 0 Å². The van der Waals surface area contributed by atoms with Crippen LogP contribution < -0.4 is 5.32 Å². The minimum Gasteiger partial charge on any atom is -0.345 e. The molecule has 2 heterocycles. The molecule has 2 saturated heterocycles. The number of hydrogen-bond acceptors (Lipinski definition) is 5. The van der Waals surface area contributed by atoms with Gasteiger partial charge in [-0.2, -0.15) is 0 Å². The standard InChI is InChI=1S/C17H27N3O3S2/c21-15(4-2-1-3-14-7-12-24-25-14)19-8-10-20(11-9-19)17(23)16(22)18-13-5-6-13/h13-14H,1-12H2,(H,18,22). The molecule has 140 valence electrons. The molecule has 1 N–H and O–H groups in total. The summed E-state index contributed by atoms with van der Waals surface area (Å²) in [6, 6.07) is 0.195. The average Bonchev–Trinajstić information content (AvgIpc) is 3.29. The fourth-order valence-corrected chi connectivity index (χ4v) is 6.18. The second kappa shape index (κ2) is 9.16. The molecule has 0 spiro atoms. The van der Waals surface area contributed by atoms with Crippen molar-refractivity contribution in [3.05, 3.63) is 0 Å². The van der Waals surface area contributed by atoms with Crippen molar-refractivity contribution in [1.82, 2.24) is 15.1 Å². The van der Waals surface area contributed by atoms with Gasteiger partial charge in [0.25, 0.3) is 0 Å². The van der Waals surface area contributed by atoms with Crippen LogP contribution in [-0.2, 0) is 14.4 Å². The topological polar surface area (TPSA) is 69.7 Å². The van der Waals surface area contributed by atoms with E-state index in [1.807, 2.05) is 26.5 Å². The van der Waals surface area contributed by atoms with Crippen LogP contribution in [0.1, 0.15) is 44.9 Å². The lowest BCUT2D eigenvalue weighted by Crippen LogP contribution is -2.54. The molecule has 1 unspecified atom stereocenters. The first-order valence-electron chi connectivity index (χ1n) is 9.29. The maximum Gasteiger partial charge on any atom is 0.312 e. The molecule has 2 aliphatic heterocycles. The van der Waals surface area contributed by atoms with Crippen LogP contribution in [0.15, 0.2) is 0 Å². The third-order valence-electron chi connectivity index (χ3n) is 4.92. The van der Waals surface area contributed by atoms with Gasteiger partial charge in [0.05, 0.1) is 0 Å². The van der Waals surface area contributed by atoms with Gasteiger partial charge in [0, 0.05) is 49.6 Å². The Morgan fingerprint density at radius 1 is 0.960 bits per heavy atom. The molecule has 25 heavy (non-hydrogen) atoms. The molecule has 3 aliphatic rings. The van der Waals surface area contributed by atoms with Crippen molar-refractivity contribution in [2.24, 2.45) is 0 Å². The normalized spacial score (nSPS) is 23.6. The van der Waals surface area contributed by atoms with Crippen LogP contribution in [-0.4, -0.2) is 70.7 Å². The van der Waals surface area contributed by atoms with Crippen molar-refractivity contribution >= 4 is 39.3 Å². The lowest BCUT2D eigenvalue weighted by atomic mass is 10.1. The van der Waals surface area contributed by atoms with E-state index in [2.05, 4.69) is 5.32 Å². The quantitative estimate of drug-likeness (QED) is 0.428. The highest BCUT2D eigenvalue weighted by Gasteiger charge is 2.31. The molecule has 3 rings (SSSR count). The molecule has 3 amide bonds. The highest BCUT2D eigenvalue weighted by atomic mass is 33.1. The van der Waals surface area contributed by atoms with Crippen LogP contribution in [0.25, 0.3) is 0 Å². The Labute approximate surface area is 157 Å². The predicted octanol–water partition coefficient (Wildman–Crippen LogP) is 1.65. The molecule has 0 radical (unpaired) electrons. The lowest BCUT2D eigenvalue weighted by molar-refractivity contribution is -0.148. The number of hydrogen-bond donors (Lipinski definition) is 1. The summed E-state index contributed by atoms with van der Waals surface area (Å²) in [5, 5.41) is 3.50. The third kappa shape index (κ3) is 5.81. The van der Waals surface area contributed by atoms with E-state index in [0.717, 1.165) is 30.9 Å². The third-order valence-corrected chi connectivity index (χ3v) is 7.93. The second-order valence-corrected chi connectivity index (χ2v) is 9.78. The Morgan fingerprint density at radius 2 is 1.68 bits per heavy atom. The molecule has 3 fully saturated rings. The number of nitrogens with zero attached hydrogens (tertiary/aromatic N) is 2. The van der Waals surface area contributed by atoms with Gasteiger partial charge in [0.15, 0.2) is 0 Å². The number of carbonyl (C=O) groups excluding carboxylic acids is 3. The van der Waals surface area contributed by atoms with Crippen LogP contribution in [0.4, 0.5) is 0 Å². The largest absolute Gasteiger partial charge is 0.345 e. The Bertz CT molecular complexity index is 499. The van der Waals surface area contributed by atoms with E-state index in [-0.39, 0.29) is 11.9 Å². The van der Waals surface area contributed by atoms with E-state index in [0.29, 0.717) is 32.6 Å². The zero-order chi connectivity index (χ0) is 17.6. The van der Waals surface area contributed by atoms with Crippen molar-refractivity contribution < 1.29 is 14.4 Å². The van der Waals surface area contributed by atoms with Crippen LogP contribution in [0, 0.1) is 0 Å². The summed E-state index contributed by atoms with van der Waals surface area (Å²) >= 11 is 0. The second-order valence-electron chi connectivity index (χ2n) is 7.00. The van der Waals surface area contributed by atoms with Crippen LogP contribution >= 0.6 is 21.6 Å². The number of unbranched alkanes of at least 4 members (excludes halogenated alkanes) is 1. The maximum atomic E-state index is 12.3. The van der Waals surface area contributed by atoms with Gasteiger partial charge >= 0.3 is 11.8 Å². The lowest BCUT2D eigenvalue weighted by Gasteiger charge is -2.34. The van der Waals surface area contributed by atoms with Gasteiger partial charge in [-0.05, 0) is 32.1 Å². The van der Waals surface area contributed by atoms with Crippen molar-refractivity contribution in [2.45, 2.75) is 56.2 Å². The molecule has 0 bridgehead atoms. The van der Waals surface area contributed by atoms with E-state index in [9.17, 15) is 14.4 Å². The number of rotatable bonds is 6. The van der Waals surface area contributed by atoms with Gasteiger partial charge in [-0.15, -0.1) is 0 Å². The SMILES string of the molecule is O=C(NC1CC1)C(=O)N1CCN(C(=O)CCCCC2CCSS2)CC1. The number of amides is 3. The van der Waals surface area contributed by atoms with E-state index in [1.165, 1.54) is 18.6 Å². The Hall–Kier alpha value is -0.890. The molecule has 1 saturated carbocycles. The van der Waals surface area contributed by atoms with Crippen LogP contribution in [0.3, 0.4) is 0 Å². The van der Waals surface area contributed by atoms with Gasteiger partial charge in [0.2, 0.25) is 5.91 Å². The van der Waals surface area contributed by atoms with Gasteiger partial charge in [0.1, 0.15) is 0 Å². The van der Waals surface area contributed by atoms with Gasteiger partial charge in [-0.3, -0.25) is 14.4 Å². The summed E-state index contributed by atoms with van der Waals surface area (Å²) < 4.78 is 0. The minimum atomic E-state index is -0.495.